The fourth-order valence-electron chi connectivity index (χ4n) is 2.28. The smallest absolute Gasteiger partial charge is 0.161 e. The fraction of sp³-hybridized carbons (Fsp3) is 0.250. The van der Waals surface area contributed by atoms with Crippen molar-refractivity contribution in [2.45, 2.75) is 12.5 Å². The van der Waals surface area contributed by atoms with Crippen molar-refractivity contribution in [1.29, 1.82) is 0 Å². The number of hydrogen-bond donors (Lipinski definition) is 1. The molecule has 2 aromatic carbocycles. The van der Waals surface area contributed by atoms with E-state index in [4.69, 9.17) is 9.47 Å². The van der Waals surface area contributed by atoms with Crippen LogP contribution in [0.3, 0.4) is 0 Å². The minimum Gasteiger partial charge on any atom is -0.486 e. The van der Waals surface area contributed by atoms with Crippen molar-refractivity contribution in [3.05, 3.63) is 57.8 Å². The second-order valence-corrected chi connectivity index (χ2v) is 5.77. The second kappa shape index (κ2) is 6.03. The normalized spacial score (nSPS) is 14.8. The van der Waals surface area contributed by atoms with Gasteiger partial charge in [-0.2, -0.15) is 0 Å². The van der Waals surface area contributed by atoms with E-state index in [9.17, 15) is 9.50 Å². The monoisotopic (exact) mass is 352 g/mol. The number of rotatable bonds is 3. The Morgan fingerprint density at radius 1 is 1.10 bits per heavy atom. The van der Waals surface area contributed by atoms with E-state index in [0.717, 1.165) is 0 Å². The third-order valence-corrected chi connectivity index (χ3v) is 3.87. The lowest BCUT2D eigenvalue weighted by atomic mass is 10.0. The Hall–Kier alpha value is -1.59. The van der Waals surface area contributed by atoms with Crippen LogP contribution in [0.15, 0.2) is 40.9 Å². The number of ether oxygens (including phenoxy) is 2. The van der Waals surface area contributed by atoms with Crippen LogP contribution in [0.5, 0.6) is 11.5 Å². The minimum absolute atomic E-state index is 0.207. The first kappa shape index (κ1) is 14.4. The molecule has 1 aliphatic heterocycles. The lowest BCUT2D eigenvalue weighted by molar-refractivity contribution is 0.164. The Morgan fingerprint density at radius 2 is 1.86 bits per heavy atom. The van der Waals surface area contributed by atoms with Gasteiger partial charge >= 0.3 is 0 Å². The lowest BCUT2D eigenvalue weighted by Crippen LogP contribution is -2.15. The Labute approximate surface area is 130 Å². The van der Waals surface area contributed by atoms with Crippen LogP contribution < -0.4 is 9.47 Å². The van der Waals surface area contributed by atoms with E-state index in [1.54, 1.807) is 30.3 Å². The molecule has 0 aliphatic carbocycles. The van der Waals surface area contributed by atoms with E-state index in [-0.39, 0.29) is 12.2 Å². The predicted octanol–water partition coefficient (Wildman–Crippen LogP) is 3.64. The van der Waals surface area contributed by atoms with Gasteiger partial charge < -0.3 is 14.6 Å². The van der Waals surface area contributed by atoms with Crippen LogP contribution in [0.25, 0.3) is 0 Å². The van der Waals surface area contributed by atoms with Crippen LogP contribution in [0, 0.1) is 5.82 Å². The molecule has 110 valence electrons. The first-order valence-corrected chi connectivity index (χ1v) is 7.44. The molecule has 0 saturated heterocycles. The molecule has 1 N–H and O–H groups in total. The van der Waals surface area contributed by atoms with E-state index in [0.29, 0.717) is 40.3 Å². The summed E-state index contributed by atoms with van der Waals surface area (Å²) < 4.78 is 25.4. The van der Waals surface area contributed by atoms with Gasteiger partial charge in [-0.25, -0.2) is 4.39 Å². The van der Waals surface area contributed by atoms with E-state index in [1.807, 2.05) is 0 Å². The van der Waals surface area contributed by atoms with Crippen LogP contribution in [0.4, 0.5) is 4.39 Å². The minimum atomic E-state index is -0.795. The summed E-state index contributed by atoms with van der Waals surface area (Å²) in [6.45, 7) is 1.02. The van der Waals surface area contributed by atoms with E-state index < -0.39 is 6.10 Å². The van der Waals surface area contributed by atoms with Crippen LogP contribution in [0.2, 0.25) is 0 Å². The van der Waals surface area contributed by atoms with Gasteiger partial charge in [-0.15, -0.1) is 0 Å². The molecule has 3 rings (SSSR count). The number of fused-ring (bicyclic) bond motifs is 1. The number of benzene rings is 2. The zero-order valence-electron chi connectivity index (χ0n) is 11.2. The molecule has 0 aromatic heterocycles. The molecule has 0 spiro atoms. The van der Waals surface area contributed by atoms with E-state index in [1.165, 1.54) is 6.07 Å². The van der Waals surface area contributed by atoms with Gasteiger partial charge in [0, 0.05) is 10.9 Å². The Kier molecular flexibility index (Phi) is 4.12. The third-order valence-electron chi connectivity index (χ3n) is 3.38. The van der Waals surface area contributed by atoms with E-state index in [2.05, 4.69) is 15.9 Å². The average molecular weight is 353 g/mol. The van der Waals surface area contributed by atoms with Gasteiger partial charge in [0.25, 0.3) is 0 Å². The van der Waals surface area contributed by atoms with Gasteiger partial charge in [-0.1, -0.05) is 28.1 Å². The summed E-state index contributed by atoms with van der Waals surface area (Å²) in [5.41, 5.74) is 1.15. The van der Waals surface area contributed by atoms with Crippen LogP contribution in [-0.2, 0) is 6.42 Å². The zero-order chi connectivity index (χ0) is 14.8. The molecule has 0 amide bonds. The third kappa shape index (κ3) is 3.19. The number of aliphatic hydroxyl groups is 1. The molecule has 21 heavy (non-hydrogen) atoms. The summed E-state index contributed by atoms with van der Waals surface area (Å²) >= 11 is 3.22. The zero-order valence-corrected chi connectivity index (χ0v) is 12.8. The summed E-state index contributed by atoms with van der Waals surface area (Å²) in [6, 6.07) is 10.1. The van der Waals surface area contributed by atoms with Gasteiger partial charge in [0.1, 0.15) is 19.0 Å². The van der Waals surface area contributed by atoms with Crippen molar-refractivity contribution < 1.29 is 19.0 Å². The summed E-state index contributed by atoms with van der Waals surface area (Å²) in [5, 5.41) is 10.3. The molecule has 3 nitrogen and oxygen atoms in total. The second-order valence-electron chi connectivity index (χ2n) is 4.86. The van der Waals surface area contributed by atoms with Crippen molar-refractivity contribution in [2.24, 2.45) is 0 Å². The Balaban J connectivity index is 1.80. The fourth-order valence-corrected chi connectivity index (χ4v) is 2.61. The molecule has 1 atom stereocenters. The number of hydrogen-bond acceptors (Lipinski definition) is 3. The SMILES string of the molecule is OC(Cc1ccc(Br)cc1F)c1ccc2c(c1)OCCO2. The maximum absolute atomic E-state index is 13.8. The molecule has 0 bridgehead atoms. The number of halogens is 2. The van der Waals surface area contributed by atoms with Crippen molar-refractivity contribution in [3.8, 4) is 11.5 Å². The molecule has 0 saturated carbocycles. The lowest BCUT2D eigenvalue weighted by Gasteiger charge is -2.20. The van der Waals surface area contributed by atoms with Gasteiger partial charge in [-0.3, -0.25) is 0 Å². The maximum atomic E-state index is 13.8. The summed E-state index contributed by atoms with van der Waals surface area (Å²) in [5.74, 6) is 0.960. The molecular weight excluding hydrogens is 339 g/mol. The first-order chi connectivity index (χ1) is 10.1. The Morgan fingerprint density at radius 3 is 2.62 bits per heavy atom. The van der Waals surface area contributed by atoms with Gasteiger partial charge in [0.05, 0.1) is 6.10 Å². The molecule has 5 heteroatoms. The summed E-state index contributed by atoms with van der Waals surface area (Å²) in [4.78, 5) is 0. The standard InChI is InChI=1S/C16H14BrFO3/c17-12-3-1-10(13(18)9-12)7-14(19)11-2-4-15-16(8-11)21-6-5-20-15/h1-4,8-9,14,19H,5-7H2. The number of aliphatic hydroxyl groups excluding tert-OH is 1. The van der Waals surface area contributed by atoms with Crippen molar-refractivity contribution in [1.82, 2.24) is 0 Å². The molecule has 0 radical (unpaired) electrons. The quantitative estimate of drug-likeness (QED) is 0.916. The van der Waals surface area contributed by atoms with Crippen molar-refractivity contribution >= 4 is 15.9 Å². The maximum Gasteiger partial charge on any atom is 0.161 e. The Bertz CT molecular complexity index is 660. The largest absolute Gasteiger partial charge is 0.486 e. The highest BCUT2D eigenvalue weighted by Gasteiger charge is 2.17. The summed E-state index contributed by atoms with van der Waals surface area (Å²) in [7, 11) is 0. The van der Waals surface area contributed by atoms with Crippen molar-refractivity contribution in [3.63, 3.8) is 0 Å². The van der Waals surface area contributed by atoms with Gasteiger partial charge in [0.15, 0.2) is 11.5 Å². The van der Waals surface area contributed by atoms with E-state index >= 15 is 0 Å². The highest BCUT2D eigenvalue weighted by Crippen LogP contribution is 2.33. The van der Waals surface area contributed by atoms with Crippen LogP contribution in [-0.4, -0.2) is 18.3 Å². The highest BCUT2D eigenvalue weighted by molar-refractivity contribution is 9.10. The molecular formula is C16H14BrFO3. The van der Waals surface area contributed by atoms with Crippen LogP contribution in [0.1, 0.15) is 17.2 Å². The van der Waals surface area contributed by atoms with Gasteiger partial charge in [-0.05, 0) is 35.4 Å². The molecule has 2 aromatic rings. The molecule has 1 aliphatic rings. The summed E-state index contributed by atoms with van der Waals surface area (Å²) in [6.07, 6.45) is -0.588. The predicted molar refractivity (Wildman–Crippen MR) is 80.2 cm³/mol. The topological polar surface area (TPSA) is 38.7 Å². The highest BCUT2D eigenvalue weighted by atomic mass is 79.9. The molecule has 1 heterocycles. The van der Waals surface area contributed by atoms with Crippen LogP contribution >= 0.6 is 15.9 Å². The van der Waals surface area contributed by atoms with Gasteiger partial charge in [0.2, 0.25) is 0 Å². The molecule has 1 unspecified atom stereocenters. The average Bonchev–Trinajstić information content (AvgIpc) is 2.49. The molecule has 0 fully saturated rings. The first-order valence-electron chi connectivity index (χ1n) is 6.65. The van der Waals surface area contributed by atoms with Crippen molar-refractivity contribution in [2.75, 3.05) is 13.2 Å².